The van der Waals surface area contributed by atoms with Gasteiger partial charge in [-0.25, -0.2) is 9.78 Å². The molecule has 0 radical (unpaired) electrons. The van der Waals surface area contributed by atoms with E-state index >= 15 is 0 Å². The Kier molecular flexibility index (Phi) is 4.73. The lowest BCUT2D eigenvalue weighted by Crippen LogP contribution is -2.12. The minimum Gasteiger partial charge on any atom is -0.465 e. The van der Waals surface area contributed by atoms with Crippen molar-refractivity contribution in [3.05, 3.63) is 62.5 Å². The number of rotatable bonds is 5. The SMILES string of the molecule is COC(=O)c1sc2nc(COCc3ccccc3)[nH]c(=O)c2c1C. The fraction of sp³-hybridized carbons (Fsp3) is 0.235. The van der Waals surface area contributed by atoms with Crippen LogP contribution in [0.4, 0.5) is 0 Å². The molecule has 0 spiro atoms. The van der Waals surface area contributed by atoms with E-state index < -0.39 is 5.97 Å². The summed E-state index contributed by atoms with van der Waals surface area (Å²) < 4.78 is 10.3. The van der Waals surface area contributed by atoms with Crippen LogP contribution in [0.15, 0.2) is 35.1 Å². The molecule has 3 rings (SSSR count). The van der Waals surface area contributed by atoms with Crippen molar-refractivity contribution < 1.29 is 14.3 Å². The van der Waals surface area contributed by atoms with Crippen molar-refractivity contribution in [1.82, 2.24) is 9.97 Å². The second-order valence-electron chi connectivity index (χ2n) is 5.22. The minimum atomic E-state index is -0.461. The highest BCUT2D eigenvalue weighted by Crippen LogP contribution is 2.27. The topological polar surface area (TPSA) is 81.3 Å². The Hall–Kier alpha value is -2.51. The monoisotopic (exact) mass is 344 g/mol. The number of aromatic amines is 1. The maximum atomic E-state index is 12.3. The van der Waals surface area contributed by atoms with Crippen LogP contribution in [0.1, 0.15) is 26.6 Å². The van der Waals surface area contributed by atoms with E-state index in [-0.39, 0.29) is 12.2 Å². The molecule has 124 valence electrons. The van der Waals surface area contributed by atoms with Gasteiger partial charge in [0.15, 0.2) is 0 Å². The summed E-state index contributed by atoms with van der Waals surface area (Å²) in [6.45, 7) is 2.33. The number of nitrogens with one attached hydrogen (secondary N) is 1. The van der Waals surface area contributed by atoms with Crippen LogP contribution in [0.3, 0.4) is 0 Å². The van der Waals surface area contributed by atoms with Crippen molar-refractivity contribution in [3.8, 4) is 0 Å². The molecule has 0 amide bonds. The van der Waals surface area contributed by atoms with Crippen molar-refractivity contribution in [2.24, 2.45) is 0 Å². The molecule has 1 aromatic carbocycles. The highest BCUT2D eigenvalue weighted by molar-refractivity contribution is 7.20. The summed E-state index contributed by atoms with van der Waals surface area (Å²) >= 11 is 1.15. The Morgan fingerprint density at radius 3 is 2.71 bits per heavy atom. The van der Waals surface area contributed by atoms with E-state index in [4.69, 9.17) is 9.47 Å². The summed E-state index contributed by atoms with van der Waals surface area (Å²) in [5.41, 5.74) is 1.36. The molecule has 0 unspecified atom stereocenters. The van der Waals surface area contributed by atoms with Crippen LogP contribution < -0.4 is 5.56 Å². The summed E-state index contributed by atoms with van der Waals surface area (Å²) in [6.07, 6.45) is 0. The van der Waals surface area contributed by atoms with Gasteiger partial charge in [0.25, 0.3) is 5.56 Å². The van der Waals surface area contributed by atoms with Crippen LogP contribution in [-0.4, -0.2) is 23.0 Å². The summed E-state index contributed by atoms with van der Waals surface area (Å²) in [4.78, 5) is 32.0. The number of carbonyl (C=O) groups excluding carboxylic acids is 1. The summed E-state index contributed by atoms with van der Waals surface area (Å²) in [5.74, 6) is -0.0297. The summed E-state index contributed by atoms with van der Waals surface area (Å²) in [6, 6.07) is 9.74. The van der Waals surface area contributed by atoms with Crippen molar-refractivity contribution in [1.29, 1.82) is 0 Å². The number of aryl methyl sites for hydroxylation is 1. The number of nitrogens with zero attached hydrogens (tertiary/aromatic N) is 1. The molecule has 2 aromatic heterocycles. The number of ether oxygens (including phenoxy) is 2. The van der Waals surface area contributed by atoms with Crippen LogP contribution in [0.2, 0.25) is 0 Å². The van der Waals surface area contributed by atoms with Crippen molar-refractivity contribution in [2.45, 2.75) is 20.1 Å². The van der Waals surface area contributed by atoms with Gasteiger partial charge in [0.05, 0.1) is 19.1 Å². The first-order valence-electron chi connectivity index (χ1n) is 7.32. The lowest BCUT2D eigenvalue weighted by atomic mass is 10.2. The first-order valence-corrected chi connectivity index (χ1v) is 8.14. The number of benzene rings is 1. The molecule has 1 N–H and O–H groups in total. The molecule has 24 heavy (non-hydrogen) atoms. The number of hydrogen-bond acceptors (Lipinski definition) is 6. The number of aromatic nitrogens is 2. The molecule has 0 aliphatic rings. The summed E-state index contributed by atoms with van der Waals surface area (Å²) in [5, 5.41) is 0.423. The fourth-order valence-corrected chi connectivity index (χ4v) is 3.50. The zero-order valence-corrected chi connectivity index (χ0v) is 14.1. The number of thiophene rings is 1. The van der Waals surface area contributed by atoms with Crippen molar-refractivity contribution in [3.63, 3.8) is 0 Å². The molecule has 0 saturated heterocycles. The van der Waals surface area contributed by atoms with E-state index in [1.54, 1.807) is 6.92 Å². The minimum absolute atomic E-state index is 0.185. The van der Waals surface area contributed by atoms with Gasteiger partial charge in [-0.1, -0.05) is 30.3 Å². The van der Waals surface area contributed by atoms with Gasteiger partial charge in [0.1, 0.15) is 22.1 Å². The average Bonchev–Trinajstić information content (AvgIpc) is 2.92. The van der Waals surface area contributed by atoms with E-state index in [1.807, 2.05) is 30.3 Å². The Bertz CT molecular complexity index is 931. The number of hydrogen-bond donors (Lipinski definition) is 1. The second-order valence-corrected chi connectivity index (χ2v) is 6.22. The first-order chi connectivity index (χ1) is 11.6. The third kappa shape index (κ3) is 3.22. The number of H-pyrrole nitrogens is 1. The van der Waals surface area contributed by atoms with Gasteiger partial charge in [0, 0.05) is 0 Å². The fourth-order valence-electron chi connectivity index (χ4n) is 2.38. The van der Waals surface area contributed by atoms with Crippen LogP contribution in [0.25, 0.3) is 10.2 Å². The second kappa shape index (κ2) is 6.94. The molecule has 0 saturated carbocycles. The quantitative estimate of drug-likeness (QED) is 0.720. The number of methoxy groups -OCH3 is 1. The first kappa shape index (κ1) is 16.4. The van der Waals surface area contributed by atoms with Gasteiger partial charge >= 0.3 is 5.97 Å². The third-order valence-corrected chi connectivity index (χ3v) is 4.74. The van der Waals surface area contributed by atoms with Crippen LogP contribution in [0, 0.1) is 6.92 Å². The predicted molar refractivity (Wildman–Crippen MR) is 91.3 cm³/mol. The molecule has 6 nitrogen and oxygen atoms in total. The standard InChI is InChI=1S/C17H16N2O4S/c1-10-13-15(20)18-12(9-23-8-11-6-4-3-5-7-11)19-16(13)24-14(10)17(21)22-2/h3-7H,8-9H2,1-2H3,(H,18,19,20). The van der Waals surface area contributed by atoms with Crippen LogP contribution >= 0.6 is 11.3 Å². The molecule has 7 heteroatoms. The molecule has 0 fully saturated rings. The van der Waals surface area contributed by atoms with Gasteiger partial charge in [0.2, 0.25) is 0 Å². The van der Waals surface area contributed by atoms with Crippen molar-refractivity contribution >= 4 is 27.5 Å². The molecular weight excluding hydrogens is 328 g/mol. The normalized spacial score (nSPS) is 10.9. The number of carbonyl (C=O) groups is 1. The highest BCUT2D eigenvalue weighted by Gasteiger charge is 2.19. The molecule has 0 bridgehead atoms. The molecular formula is C17H16N2O4S. The van der Waals surface area contributed by atoms with E-state index in [0.717, 1.165) is 16.9 Å². The van der Waals surface area contributed by atoms with Crippen molar-refractivity contribution in [2.75, 3.05) is 7.11 Å². The highest BCUT2D eigenvalue weighted by atomic mass is 32.1. The van der Waals surface area contributed by atoms with Gasteiger partial charge in [-0.2, -0.15) is 0 Å². The van der Waals surface area contributed by atoms with Gasteiger partial charge in [-0.05, 0) is 18.1 Å². The smallest absolute Gasteiger partial charge is 0.348 e. The summed E-state index contributed by atoms with van der Waals surface area (Å²) in [7, 11) is 1.31. The Balaban J connectivity index is 1.82. The Labute approximate surface area is 142 Å². The van der Waals surface area contributed by atoms with Crippen LogP contribution in [-0.2, 0) is 22.7 Å². The lowest BCUT2D eigenvalue weighted by Gasteiger charge is -2.04. The average molecular weight is 344 g/mol. The van der Waals surface area contributed by atoms with Gasteiger partial charge in [-0.3, -0.25) is 4.79 Å². The Morgan fingerprint density at radius 2 is 2.00 bits per heavy atom. The lowest BCUT2D eigenvalue weighted by molar-refractivity contribution is 0.0605. The van der Waals surface area contributed by atoms with Crippen LogP contribution in [0.5, 0.6) is 0 Å². The maximum absolute atomic E-state index is 12.3. The predicted octanol–water partition coefficient (Wildman–Crippen LogP) is 2.80. The molecule has 2 heterocycles. The largest absolute Gasteiger partial charge is 0.465 e. The van der Waals surface area contributed by atoms with Gasteiger partial charge < -0.3 is 14.5 Å². The number of esters is 1. The zero-order valence-electron chi connectivity index (χ0n) is 13.3. The molecule has 3 aromatic rings. The molecule has 0 aliphatic carbocycles. The molecule has 0 aliphatic heterocycles. The van der Waals surface area contributed by atoms with E-state index in [9.17, 15) is 9.59 Å². The third-order valence-electron chi connectivity index (χ3n) is 3.57. The van der Waals surface area contributed by atoms with E-state index in [2.05, 4.69) is 9.97 Å². The number of fused-ring (bicyclic) bond motifs is 1. The van der Waals surface area contributed by atoms with E-state index in [0.29, 0.717) is 33.1 Å². The maximum Gasteiger partial charge on any atom is 0.348 e. The molecule has 0 atom stereocenters. The van der Waals surface area contributed by atoms with E-state index in [1.165, 1.54) is 7.11 Å². The van der Waals surface area contributed by atoms with Gasteiger partial charge in [-0.15, -0.1) is 11.3 Å². The Morgan fingerprint density at radius 1 is 1.25 bits per heavy atom. The zero-order chi connectivity index (χ0) is 17.1.